The monoisotopic (exact) mass is 439 g/mol. The highest BCUT2D eigenvalue weighted by atomic mass is 35.5. The van der Waals surface area contributed by atoms with Gasteiger partial charge in [-0.15, -0.1) is 0 Å². The first-order chi connectivity index (χ1) is 13.7. The Balaban J connectivity index is 1.78. The van der Waals surface area contributed by atoms with Crippen LogP contribution < -0.4 is 4.90 Å². The third-order valence-electron chi connectivity index (χ3n) is 4.85. The normalized spacial score (nSPS) is 15.8. The second-order valence-corrected chi connectivity index (χ2v) is 9.35. The zero-order chi connectivity index (χ0) is 21.2. The van der Waals surface area contributed by atoms with Gasteiger partial charge in [-0.2, -0.15) is 4.31 Å². The molecule has 6 nitrogen and oxygen atoms in total. The van der Waals surface area contributed by atoms with Crippen LogP contribution in [-0.4, -0.2) is 63.8 Å². The molecule has 0 N–H and O–H groups in total. The summed E-state index contributed by atoms with van der Waals surface area (Å²) in [5.74, 6) is -0.775. The van der Waals surface area contributed by atoms with Crippen LogP contribution in [0.15, 0.2) is 47.4 Å². The van der Waals surface area contributed by atoms with E-state index in [0.29, 0.717) is 31.7 Å². The van der Waals surface area contributed by atoms with E-state index in [4.69, 9.17) is 11.6 Å². The smallest absolute Gasteiger partial charge is 0.253 e. The van der Waals surface area contributed by atoms with Gasteiger partial charge in [0.25, 0.3) is 5.91 Å². The summed E-state index contributed by atoms with van der Waals surface area (Å²) in [6.45, 7) is 1.38. The predicted octanol–water partition coefficient (Wildman–Crippen LogP) is 3.08. The number of carbonyl (C=O) groups is 1. The fraction of sp³-hybridized carbons (Fsp3) is 0.350. The lowest BCUT2D eigenvalue weighted by Crippen LogP contribution is -2.35. The molecule has 156 valence electrons. The average Bonchev–Trinajstić information content (AvgIpc) is 2.94. The number of sulfonamides is 1. The number of nitrogens with zero attached hydrogens (tertiary/aromatic N) is 3. The van der Waals surface area contributed by atoms with Gasteiger partial charge in [0.05, 0.1) is 10.7 Å². The molecule has 9 heteroatoms. The van der Waals surface area contributed by atoms with Crippen LogP contribution in [0, 0.1) is 5.82 Å². The molecule has 1 saturated heterocycles. The SMILES string of the molecule is CN(C)C(=O)c1ccc(N2CCCN(S(=O)(=O)c3ccccc3Cl)CC2)c(F)c1. The first-order valence-corrected chi connectivity index (χ1v) is 11.0. The van der Waals surface area contributed by atoms with E-state index < -0.39 is 15.8 Å². The third kappa shape index (κ3) is 4.55. The molecule has 0 bridgehead atoms. The van der Waals surface area contributed by atoms with Gasteiger partial charge in [-0.1, -0.05) is 23.7 Å². The van der Waals surface area contributed by atoms with Crippen LogP contribution in [0.5, 0.6) is 0 Å². The number of benzene rings is 2. The lowest BCUT2D eigenvalue weighted by atomic mass is 10.1. The molecule has 0 saturated carbocycles. The predicted molar refractivity (Wildman–Crippen MR) is 111 cm³/mol. The molecule has 1 aliphatic rings. The van der Waals surface area contributed by atoms with E-state index in [-0.39, 0.29) is 27.9 Å². The molecular weight excluding hydrogens is 417 g/mol. The summed E-state index contributed by atoms with van der Waals surface area (Å²) in [5, 5.41) is 0.181. The molecule has 0 atom stereocenters. The number of rotatable bonds is 4. The lowest BCUT2D eigenvalue weighted by molar-refractivity contribution is 0.0827. The van der Waals surface area contributed by atoms with Crippen molar-refractivity contribution in [3.8, 4) is 0 Å². The molecule has 1 heterocycles. The Morgan fingerprint density at radius 1 is 1.07 bits per heavy atom. The molecule has 0 aromatic heterocycles. The minimum Gasteiger partial charge on any atom is -0.368 e. The Hall–Kier alpha value is -2.16. The second kappa shape index (κ2) is 8.69. The second-order valence-electron chi connectivity index (χ2n) is 7.04. The van der Waals surface area contributed by atoms with E-state index >= 15 is 0 Å². The van der Waals surface area contributed by atoms with E-state index in [9.17, 15) is 17.6 Å². The van der Waals surface area contributed by atoms with Gasteiger partial charge in [0.1, 0.15) is 10.7 Å². The maximum absolute atomic E-state index is 14.7. The quantitative estimate of drug-likeness (QED) is 0.734. The van der Waals surface area contributed by atoms with Crippen molar-refractivity contribution in [2.75, 3.05) is 45.2 Å². The van der Waals surface area contributed by atoms with Crippen LogP contribution in [0.3, 0.4) is 0 Å². The van der Waals surface area contributed by atoms with E-state index in [2.05, 4.69) is 0 Å². The molecular formula is C20H23ClFN3O3S. The Bertz CT molecular complexity index is 1010. The molecule has 0 radical (unpaired) electrons. The maximum atomic E-state index is 14.7. The van der Waals surface area contributed by atoms with Crippen molar-refractivity contribution in [2.45, 2.75) is 11.3 Å². The molecule has 1 fully saturated rings. The number of halogens is 2. The number of anilines is 1. The van der Waals surface area contributed by atoms with Crippen LogP contribution in [0.1, 0.15) is 16.8 Å². The van der Waals surface area contributed by atoms with Crippen molar-refractivity contribution in [3.05, 3.63) is 58.9 Å². The largest absolute Gasteiger partial charge is 0.368 e. The van der Waals surface area contributed by atoms with Gasteiger partial charge in [0, 0.05) is 45.8 Å². The number of hydrogen-bond acceptors (Lipinski definition) is 4. The Labute approximate surface area is 175 Å². The molecule has 3 rings (SSSR count). The summed E-state index contributed by atoms with van der Waals surface area (Å²) in [6.07, 6.45) is 0.543. The zero-order valence-corrected chi connectivity index (χ0v) is 17.9. The molecule has 0 spiro atoms. The van der Waals surface area contributed by atoms with Crippen LogP contribution >= 0.6 is 11.6 Å². The van der Waals surface area contributed by atoms with Crippen molar-refractivity contribution in [1.29, 1.82) is 0 Å². The lowest BCUT2D eigenvalue weighted by Gasteiger charge is -2.24. The first-order valence-electron chi connectivity index (χ1n) is 9.22. The van der Waals surface area contributed by atoms with Crippen molar-refractivity contribution >= 4 is 33.2 Å². The highest BCUT2D eigenvalue weighted by Gasteiger charge is 2.29. The van der Waals surface area contributed by atoms with Gasteiger partial charge >= 0.3 is 0 Å². The minimum absolute atomic E-state index is 0.0767. The van der Waals surface area contributed by atoms with E-state index in [1.807, 2.05) is 0 Å². The summed E-state index contributed by atoms with van der Waals surface area (Å²) < 4.78 is 42.0. The highest BCUT2D eigenvalue weighted by molar-refractivity contribution is 7.89. The van der Waals surface area contributed by atoms with Crippen molar-refractivity contribution in [1.82, 2.24) is 9.21 Å². The molecule has 29 heavy (non-hydrogen) atoms. The fourth-order valence-electron chi connectivity index (χ4n) is 3.32. The standard InChI is InChI=1S/C20H23ClFN3O3S/c1-23(2)20(26)15-8-9-18(17(22)14-15)24-10-5-11-25(13-12-24)29(27,28)19-7-4-3-6-16(19)21/h3-4,6-9,14H,5,10-13H2,1-2H3. The summed E-state index contributed by atoms with van der Waals surface area (Å²) in [7, 11) is -0.512. The van der Waals surface area contributed by atoms with Gasteiger partial charge in [0.15, 0.2) is 0 Å². The fourth-order valence-corrected chi connectivity index (χ4v) is 5.29. The molecule has 1 aliphatic heterocycles. The number of amides is 1. The van der Waals surface area contributed by atoms with E-state index in [1.54, 1.807) is 49.3 Å². The first kappa shape index (κ1) is 21.5. The van der Waals surface area contributed by atoms with Crippen LogP contribution in [0.4, 0.5) is 10.1 Å². The van der Waals surface area contributed by atoms with Gasteiger partial charge in [-0.25, -0.2) is 12.8 Å². The molecule has 2 aromatic rings. The molecule has 2 aromatic carbocycles. The minimum atomic E-state index is -3.73. The maximum Gasteiger partial charge on any atom is 0.253 e. The summed E-state index contributed by atoms with van der Waals surface area (Å²) >= 11 is 6.08. The van der Waals surface area contributed by atoms with E-state index in [1.165, 1.54) is 21.3 Å². The van der Waals surface area contributed by atoms with Crippen molar-refractivity contribution in [3.63, 3.8) is 0 Å². The van der Waals surface area contributed by atoms with Crippen LogP contribution in [0.25, 0.3) is 0 Å². The van der Waals surface area contributed by atoms with Crippen molar-refractivity contribution < 1.29 is 17.6 Å². The van der Waals surface area contributed by atoms with Gasteiger partial charge in [0.2, 0.25) is 10.0 Å². The topological polar surface area (TPSA) is 60.9 Å². The van der Waals surface area contributed by atoms with E-state index in [0.717, 1.165) is 0 Å². The summed E-state index contributed by atoms with van der Waals surface area (Å²) in [6, 6.07) is 10.7. The Kier molecular flexibility index (Phi) is 6.45. The Morgan fingerprint density at radius 2 is 1.79 bits per heavy atom. The van der Waals surface area contributed by atoms with Crippen LogP contribution in [0.2, 0.25) is 5.02 Å². The van der Waals surface area contributed by atoms with Gasteiger partial charge < -0.3 is 9.80 Å². The van der Waals surface area contributed by atoms with Crippen LogP contribution in [-0.2, 0) is 10.0 Å². The van der Waals surface area contributed by atoms with Gasteiger partial charge in [-0.05, 0) is 36.8 Å². The molecule has 1 amide bonds. The van der Waals surface area contributed by atoms with Crippen molar-refractivity contribution in [2.24, 2.45) is 0 Å². The molecule has 0 aliphatic carbocycles. The highest BCUT2D eigenvalue weighted by Crippen LogP contribution is 2.27. The Morgan fingerprint density at radius 3 is 2.45 bits per heavy atom. The third-order valence-corrected chi connectivity index (χ3v) is 7.25. The van der Waals surface area contributed by atoms with Gasteiger partial charge in [-0.3, -0.25) is 4.79 Å². The summed E-state index contributed by atoms with van der Waals surface area (Å²) in [5.41, 5.74) is 0.631. The number of carbonyl (C=O) groups excluding carboxylic acids is 1. The average molecular weight is 440 g/mol. The number of hydrogen-bond donors (Lipinski definition) is 0. The zero-order valence-electron chi connectivity index (χ0n) is 16.3. The molecule has 0 unspecified atom stereocenters. The summed E-state index contributed by atoms with van der Waals surface area (Å²) in [4.78, 5) is 15.3.